The van der Waals surface area contributed by atoms with Gasteiger partial charge in [0.1, 0.15) is 0 Å². The van der Waals surface area contributed by atoms with E-state index in [-0.39, 0.29) is 0 Å². The molecule has 0 bridgehead atoms. The van der Waals surface area contributed by atoms with Crippen molar-refractivity contribution in [3.05, 3.63) is 0 Å². The van der Waals surface area contributed by atoms with Gasteiger partial charge >= 0.3 is 0 Å². The lowest BCUT2D eigenvalue weighted by Gasteiger charge is -2.33. The van der Waals surface area contributed by atoms with Crippen molar-refractivity contribution in [1.82, 2.24) is 4.90 Å². The van der Waals surface area contributed by atoms with Gasteiger partial charge in [0.25, 0.3) is 0 Å². The Morgan fingerprint density at radius 1 is 1.07 bits per heavy atom. The van der Waals surface area contributed by atoms with Gasteiger partial charge in [-0.25, -0.2) is 0 Å². The first-order chi connectivity index (χ1) is 6.53. The summed E-state index contributed by atoms with van der Waals surface area (Å²) in [6.07, 6.45) is 7.45. The van der Waals surface area contributed by atoms with Gasteiger partial charge in [-0.15, -0.1) is 0 Å². The molecule has 2 unspecified atom stereocenters. The average molecular weight is 193 g/mol. The first-order valence-electron chi connectivity index (χ1n) is 6.30. The zero-order valence-corrected chi connectivity index (χ0v) is 9.84. The summed E-state index contributed by atoms with van der Waals surface area (Å²) in [6.45, 7) is 8.68. The third-order valence-electron chi connectivity index (χ3n) is 5.00. The summed E-state index contributed by atoms with van der Waals surface area (Å²) in [6, 6.07) is 0.942. The van der Waals surface area contributed by atoms with Gasteiger partial charge in [0.05, 0.1) is 0 Å². The Morgan fingerprint density at radius 2 is 1.79 bits per heavy atom. The van der Waals surface area contributed by atoms with E-state index in [9.17, 15) is 0 Å². The predicted molar refractivity (Wildman–Crippen MR) is 59.3 cm³/mol. The molecule has 2 atom stereocenters. The Kier molecular flexibility index (Phi) is 1.68. The van der Waals surface area contributed by atoms with Crippen molar-refractivity contribution in [2.24, 2.45) is 11.3 Å². The minimum absolute atomic E-state index is 0.528. The molecule has 80 valence electrons. The predicted octanol–water partition coefficient (Wildman–Crippen LogP) is 3.05. The molecule has 1 heteroatoms. The molecule has 1 aliphatic carbocycles. The maximum Gasteiger partial charge on any atom is 0.0214 e. The summed E-state index contributed by atoms with van der Waals surface area (Å²) in [4.78, 5) is 2.88. The fraction of sp³-hybridized carbons (Fsp3) is 1.00. The lowest BCUT2D eigenvalue weighted by molar-refractivity contribution is 0.157. The van der Waals surface area contributed by atoms with Crippen LogP contribution in [0, 0.1) is 11.3 Å². The summed E-state index contributed by atoms with van der Waals surface area (Å²) >= 11 is 0. The molecule has 0 N–H and O–H groups in total. The van der Waals surface area contributed by atoms with Gasteiger partial charge < -0.3 is 0 Å². The Bertz CT molecular complexity index is 246. The van der Waals surface area contributed by atoms with Gasteiger partial charge in [0.15, 0.2) is 0 Å². The van der Waals surface area contributed by atoms with Gasteiger partial charge in [-0.05, 0) is 50.0 Å². The van der Waals surface area contributed by atoms with E-state index in [1.54, 1.807) is 0 Å². The van der Waals surface area contributed by atoms with Gasteiger partial charge in [0, 0.05) is 11.6 Å². The smallest absolute Gasteiger partial charge is 0.0214 e. The van der Waals surface area contributed by atoms with Crippen LogP contribution in [0.25, 0.3) is 0 Å². The molecule has 0 aromatic heterocycles. The van der Waals surface area contributed by atoms with E-state index < -0.39 is 0 Å². The van der Waals surface area contributed by atoms with Crippen LogP contribution in [-0.4, -0.2) is 23.0 Å². The van der Waals surface area contributed by atoms with E-state index in [1.807, 2.05) is 0 Å². The van der Waals surface area contributed by atoms with E-state index in [1.165, 1.54) is 38.6 Å². The maximum atomic E-state index is 2.88. The molecule has 3 aliphatic rings. The van der Waals surface area contributed by atoms with Gasteiger partial charge in [-0.2, -0.15) is 0 Å². The summed E-state index contributed by atoms with van der Waals surface area (Å²) in [5, 5.41) is 0. The van der Waals surface area contributed by atoms with Crippen LogP contribution in [0.2, 0.25) is 0 Å². The molecule has 0 amide bonds. The quantitative estimate of drug-likeness (QED) is 0.571. The molecular weight excluding hydrogens is 170 g/mol. The van der Waals surface area contributed by atoms with Crippen LogP contribution in [0.3, 0.4) is 0 Å². The number of hydrogen-bond donors (Lipinski definition) is 0. The first-order valence-corrected chi connectivity index (χ1v) is 6.30. The molecule has 1 saturated carbocycles. The Labute approximate surface area is 87.9 Å². The van der Waals surface area contributed by atoms with Crippen molar-refractivity contribution in [2.45, 2.75) is 64.5 Å². The van der Waals surface area contributed by atoms with E-state index >= 15 is 0 Å². The Hall–Kier alpha value is -0.0400. The molecule has 1 nitrogen and oxygen atoms in total. The largest absolute Gasteiger partial charge is 0.294 e. The van der Waals surface area contributed by atoms with Crippen molar-refractivity contribution < 1.29 is 0 Å². The number of nitrogens with zero attached hydrogens (tertiary/aromatic N) is 1. The molecule has 2 aliphatic heterocycles. The minimum atomic E-state index is 0.528. The highest BCUT2D eigenvalue weighted by molar-refractivity contribution is 5.14. The van der Waals surface area contributed by atoms with Crippen molar-refractivity contribution in [1.29, 1.82) is 0 Å². The molecule has 3 fully saturated rings. The van der Waals surface area contributed by atoms with Crippen LogP contribution in [0.15, 0.2) is 0 Å². The van der Waals surface area contributed by atoms with Crippen molar-refractivity contribution in [3.63, 3.8) is 0 Å². The van der Waals surface area contributed by atoms with Gasteiger partial charge in [0.2, 0.25) is 0 Å². The van der Waals surface area contributed by atoms with Crippen LogP contribution in [-0.2, 0) is 0 Å². The molecule has 1 spiro atoms. The molecule has 3 rings (SSSR count). The number of hydrogen-bond acceptors (Lipinski definition) is 1. The highest BCUT2D eigenvalue weighted by atomic mass is 15.3. The molecule has 14 heavy (non-hydrogen) atoms. The van der Waals surface area contributed by atoms with E-state index in [2.05, 4.69) is 25.7 Å². The topological polar surface area (TPSA) is 3.24 Å². The van der Waals surface area contributed by atoms with Crippen LogP contribution in [0.1, 0.15) is 52.9 Å². The minimum Gasteiger partial charge on any atom is -0.294 e. The maximum absolute atomic E-state index is 2.88. The monoisotopic (exact) mass is 193 g/mol. The lowest BCUT2D eigenvalue weighted by atomic mass is 9.76. The van der Waals surface area contributed by atoms with Crippen molar-refractivity contribution >= 4 is 0 Å². The Balaban J connectivity index is 1.82. The van der Waals surface area contributed by atoms with E-state index in [0.717, 1.165) is 17.5 Å². The highest BCUT2D eigenvalue weighted by Crippen LogP contribution is 2.57. The van der Waals surface area contributed by atoms with Crippen LogP contribution >= 0.6 is 0 Å². The van der Waals surface area contributed by atoms with E-state index in [0.29, 0.717) is 5.41 Å². The zero-order chi connectivity index (χ0) is 9.97. The van der Waals surface area contributed by atoms with Gasteiger partial charge in [-0.3, -0.25) is 4.90 Å². The summed E-state index contributed by atoms with van der Waals surface area (Å²) in [5.74, 6) is 0.961. The third kappa shape index (κ3) is 1.11. The van der Waals surface area contributed by atoms with E-state index in [4.69, 9.17) is 0 Å². The molecule has 2 saturated heterocycles. The summed E-state index contributed by atoms with van der Waals surface area (Å²) in [5.41, 5.74) is 1.25. The SMILES string of the molecule is CC(C)(C)C1CCN2C1CCC21CC1. The molecular formula is C13H23N. The summed E-state index contributed by atoms with van der Waals surface area (Å²) < 4.78 is 0. The second-order valence-corrected chi connectivity index (χ2v) is 6.78. The highest BCUT2D eigenvalue weighted by Gasteiger charge is 2.59. The second kappa shape index (κ2) is 2.55. The molecule has 0 radical (unpaired) electrons. The second-order valence-electron chi connectivity index (χ2n) is 6.78. The standard InChI is InChI=1S/C13H23N/c1-12(2,3)10-5-9-14-11(10)4-6-13(14)7-8-13/h10-11H,4-9H2,1-3H3. The molecule has 0 aromatic carbocycles. The van der Waals surface area contributed by atoms with Gasteiger partial charge in [-0.1, -0.05) is 20.8 Å². The third-order valence-corrected chi connectivity index (χ3v) is 5.00. The van der Waals surface area contributed by atoms with Crippen LogP contribution in [0.4, 0.5) is 0 Å². The Morgan fingerprint density at radius 3 is 2.36 bits per heavy atom. The zero-order valence-electron chi connectivity index (χ0n) is 9.84. The molecule has 2 heterocycles. The fourth-order valence-electron chi connectivity index (χ4n) is 4.05. The van der Waals surface area contributed by atoms with Crippen molar-refractivity contribution in [2.75, 3.05) is 6.54 Å². The summed E-state index contributed by atoms with van der Waals surface area (Å²) in [7, 11) is 0. The van der Waals surface area contributed by atoms with Crippen molar-refractivity contribution in [3.8, 4) is 0 Å². The average Bonchev–Trinajstić information content (AvgIpc) is 2.55. The van der Waals surface area contributed by atoms with Crippen LogP contribution < -0.4 is 0 Å². The number of fused-ring (bicyclic) bond motifs is 2. The fourth-order valence-corrected chi connectivity index (χ4v) is 4.05. The molecule has 0 aromatic rings. The normalized spacial score (nSPS) is 40.5. The first kappa shape index (κ1) is 9.21. The van der Waals surface area contributed by atoms with Crippen LogP contribution in [0.5, 0.6) is 0 Å². The number of rotatable bonds is 0. The lowest BCUT2D eigenvalue weighted by Crippen LogP contribution is -2.37.